The summed E-state index contributed by atoms with van der Waals surface area (Å²) in [6, 6.07) is 3.38. The van der Waals surface area contributed by atoms with E-state index in [1.54, 1.807) is 18.3 Å². The summed E-state index contributed by atoms with van der Waals surface area (Å²) in [4.78, 5) is 25.8. The summed E-state index contributed by atoms with van der Waals surface area (Å²) in [6.07, 6.45) is 2.31. The minimum absolute atomic E-state index is 0.0745. The molecule has 0 saturated carbocycles. The summed E-state index contributed by atoms with van der Waals surface area (Å²) in [5, 5.41) is 8.91. The van der Waals surface area contributed by atoms with Crippen LogP contribution >= 0.6 is 0 Å². The maximum absolute atomic E-state index is 11.0. The van der Waals surface area contributed by atoms with Gasteiger partial charge in [-0.3, -0.25) is 14.6 Å². The molecule has 1 aliphatic rings. The van der Waals surface area contributed by atoms with Gasteiger partial charge in [0.05, 0.1) is 6.42 Å². The normalized spacial score (nSPS) is 24.9. The summed E-state index contributed by atoms with van der Waals surface area (Å²) in [5.41, 5.74) is 0.621. The van der Waals surface area contributed by atoms with Crippen molar-refractivity contribution in [3.05, 3.63) is 30.1 Å². The van der Waals surface area contributed by atoms with Crippen molar-refractivity contribution in [1.29, 1.82) is 0 Å². The van der Waals surface area contributed by atoms with E-state index in [-0.39, 0.29) is 6.42 Å². The first-order valence-corrected chi connectivity index (χ1v) is 4.50. The van der Waals surface area contributed by atoms with E-state index in [9.17, 15) is 9.59 Å². The Labute approximate surface area is 85.7 Å². The van der Waals surface area contributed by atoms with Crippen LogP contribution in [-0.4, -0.2) is 22.0 Å². The summed E-state index contributed by atoms with van der Waals surface area (Å²) in [7, 11) is 0. The first kappa shape index (κ1) is 9.64. The molecule has 1 N–H and O–H groups in total. The lowest BCUT2D eigenvalue weighted by atomic mass is 9.97. The number of nitrogens with zero attached hydrogens (tertiary/aromatic N) is 1. The molecule has 0 spiro atoms. The van der Waals surface area contributed by atoms with E-state index in [2.05, 4.69) is 4.98 Å². The van der Waals surface area contributed by atoms with E-state index in [1.165, 1.54) is 6.20 Å². The largest absolute Gasteiger partial charge is 0.481 e. The second kappa shape index (κ2) is 3.68. The quantitative estimate of drug-likeness (QED) is 0.725. The van der Waals surface area contributed by atoms with Crippen molar-refractivity contribution in [2.45, 2.75) is 12.5 Å². The first-order chi connectivity index (χ1) is 7.18. The van der Waals surface area contributed by atoms with Gasteiger partial charge in [-0.2, -0.15) is 0 Å². The van der Waals surface area contributed by atoms with Crippen molar-refractivity contribution in [3.63, 3.8) is 0 Å². The maximum Gasteiger partial charge on any atom is 0.311 e. The summed E-state index contributed by atoms with van der Waals surface area (Å²) >= 11 is 0. The number of aromatic nitrogens is 1. The maximum atomic E-state index is 11.0. The molecule has 1 aromatic heterocycles. The molecule has 2 heterocycles. The number of hydrogen-bond donors (Lipinski definition) is 1. The van der Waals surface area contributed by atoms with Crippen LogP contribution in [0, 0.1) is 5.92 Å². The molecular formula is C10H9NO4. The fourth-order valence-electron chi connectivity index (χ4n) is 1.62. The van der Waals surface area contributed by atoms with Crippen molar-refractivity contribution in [3.8, 4) is 0 Å². The Kier molecular flexibility index (Phi) is 2.37. The molecule has 2 atom stereocenters. The van der Waals surface area contributed by atoms with Gasteiger partial charge in [-0.25, -0.2) is 0 Å². The lowest BCUT2D eigenvalue weighted by Crippen LogP contribution is -2.17. The Hall–Kier alpha value is -1.91. The molecule has 0 amide bonds. The highest BCUT2D eigenvalue weighted by atomic mass is 16.6. The number of carbonyl (C=O) groups is 2. The van der Waals surface area contributed by atoms with Crippen molar-refractivity contribution in [1.82, 2.24) is 4.98 Å². The molecule has 78 valence electrons. The zero-order valence-electron chi connectivity index (χ0n) is 7.79. The number of pyridine rings is 1. The highest BCUT2D eigenvalue weighted by molar-refractivity contribution is 5.82. The van der Waals surface area contributed by atoms with E-state index >= 15 is 0 Å². The second-order valence-electron chi connectivity index (χ2n) is 3.35. The molecule has 1 saturated heterocycles. The average Bonchev–Trinajstić information content (AvgIpc) is 2.62. The molecule has 5 nitrogen and oxygen atoms in total. The summed E-state index contributed by atoms with van der Waals surface area (Å²) < 4.78 is 4.96. The number of ether oxygens (including phenoxy) is 1. The zero-order valence-corrected chi connectivity index (χ0v) is 7.79. The molecule has 0 aliphatic carbocycles. The van der Waals surface area contributed by atoms with Crippen LogP contribution in [0.5, 0.6) is 0 Å². The molecule has 0 radical (unpaired) electrons. The van der Waals surface area contributed by atoms with Crippen LogP contribution in [0.1, 0.15) is 18.1 Å². The molecule has 1 aromatic rings. The van der Waals surface area contributed by atoms with Crippen LogP contribution in [0.4, 0.5) is 0 Å². The van der Waals surface area contributed by atoms with Crippen LogP contribution in [0.3, 0.4) is 0 Å². The molecule has 0 aromatic carbocycles. The van der Waals surface area contributed by atoms with Gasteiger partial charge in [-0.15, -0.1) is 0 Å². The van der Waals surface area contributed by atoms with Gasteiger partial charge in [0.1, 0.15) is 12.0 Å². The minimum atomic E-state index is -1.02. The lowest BCUT2D eigenvalue weighted by molar-refractivity contribution is -0.144. The smallest absolute Gasteiger partial charge is 0.311 e. The Balaban J connectivity index is 2.28. The van der Waals surface area contributed by atoms with E-state index in [1.807, 2.05) is 0 Å². The number of cyclic esters (lactones) is 1. The number of aliphatic carboxylic acids is 1. The third-order valence-corrected chi connectivity index (χ3v) is 2.34. The molecular weight excluding hydrogens is 198 g/mol. The van der Waals surface area contributed by atoms with Crippen LogP contribution in [-0.2, 0) is 14.3 Å². The fraction of sp³-hybridized carbons (Fsp3) is 0.300. The SMILES string of the molecule is O=C1C[C@H](C(=O)O)[C@@H](c2cccnc2)O1. The van der Waals surface area contributed by atoms with Gasteiger partial charge in [0.2, 0.25) is 0 Å². The Bertz CT molecular complexity index is 390. The van der Waals surface area contributed by atoms with Gasteiger partial charge in [0.25, 0.3) is 0 Å². The Morgan fingerprint density at radius 1 is 1.60 bits per heavy atom. The predicted octanol–water partition coefficient (Wildman–Crippen LogP) is 0.770. The molecule has 1 aliphatic heterocycles. The molecule has 0 unspecified atom stereocenters. The number of esters is 1. The van der Waals surface area contributed by atoms with Crippen molar-refractivity contribution < 1.29 is 19.4 Å². The Morgan fingerprint density at radius 2 is 2.40 bits per heavy atom. The highest BCUT2D eigenvalue weighted by Gasteiger charge is 2.40. The van der Waals surface area contributed by atoms with Gasteiger partial charge in [0.15, 0.2) is 0 Å². The van der Waals surface area contributed by atoms with Gasteiger partial charge >= 0.3 is 11.9 Å². The van der Waals surface area contributed by atoms with Crippen LogP contribution in [0.2, 0.25) is 0 Å². The van der Waals surface area contributed by atoms with E-state index in [0.717, 1.165) is 0 Å². The molecule has 2 rings (SSSR count). The second-order valence-corrected chi connectivity index (χ2v) is 3.35. The monoisotopic (exact) mass is 207 g/mol. The first-order valence-electron chi connectivity index (χ1n) is 4.50. The number of hydrogen-bond acceptors (Lipinski definition) is 4. The average molecular weight is 207 g/mol. The topological polar surface area (TPSA) is 76.5 Å². The predicted molar refractivity (Wildman–Crippen MR) is 48.8 cm³/mol. The standard InChI is InChI=1S/C10H9NO4/c12-8-4-7(10(13)14)9(15-8)6-2-1-3-11-5-6/h1-3,5,7,9H,4H2,(H,13,14)/t7-,9+/m0/s1. The number of carbonyl (C=O) groups excluding carboxylic acids is 1. The van der Waals surface area contributed by atoms with Crippen LogP contribution < -0.4 is 0 Å². The molecule has 0 bridgehead atoms. The Morgan fingerprint density at radius 3 is 3.00 bits per heavy atom. The van der Waals surface area contributed by atoms with Gasteiger partial charge in [-0.05, 0) is 6.07 Å². The van der Waals surface area contributed by atoms with Crippen molar-refractivity contribution >= 4 is 11.9 Å². The van der Waals surface area contributed by atoms with Gasteiger partial charge < -0.3 is 9.84 Å². The minimum Gasteiger partial charge on any atom is -0.481 e. The number of carboxylic acids is 1. The van der Waals surface area contributed by atoms with Gasteiger partial charge in [-0.1, -0.05) is 6.07 Å². The summed E-state index contributed by atoms with van der Waals surface area (Å²) in [6.45, 7) is 0. The molecule has 5 heteroatoms. The zero-order chi connectivity index (χ0) is 10.8. The van der Waals surface area contributed by atoms with E-state index < -0.39 is 24.0 Å². The third-order valence-electron chi connectivity index (χ3n) is 2.34. The fourth-order valence-corrected chi connectivity index (χ4v) is 1.62. The number of carboxylic acid groups (broad SMARTS) is 1. The van der Waals surface area contributed by atoms with Crippen molar-refractivity contribution in [2.24, 2.45) is 5.92 Å². The number of rotatable bonds is 2. The third kappa shape index (κ3) is 1.81. The van der Waals surface area contributed by atoms with E-state index in [4.69, 9.17) is 9.84 Å². The van der Waals surface area contributed by atoms with Crippen molar-refractivity contribution in [2.75, 3.05) is 0 Å². The summed E-state index contributed by atoms with van der Waals surface area (Å²) in [5.74, 6) is -2.30. The van der Waals surface area contributed by atoms with Crippen LogP contribution in [0.25, 0.3) is 0 Å². The molecule has 15 heavy (non-hydrogen) atoms. The van der Waals surface area contributed by atoms with Crippen LogP contribution in [0.15, 0.2) is 24.5 Å². The highest BCUT2D eigenvalue weighted by Crippen LogP contribution is 2.34. The van der Waals surface area contributed by atoms with Gasteiger partial charge in [0, 0.05) is 18.0 Å². The lowest BCUT2D eigenvalue weighted by Gasteiger charge is -2.13. The van der Waals surface area contributed by atoms with E-state index in [0.29, 0.717) is 5.56 Å². The molecule has 1 fully saturated rings.